The fourth-order valence-corrected chi connectivity index (χ4v) is 2.80. The van der Waals surface area contributed by atoms with Crippen molar-refractivity contribution in [2.75, 3.05) is 0 Å². The second kappa shape index (κ2) is 7.24. The molecule has 0 radical (unpaired) electrons. The minimum Gasteiger partial charge on any atom is -0.478 e. The molecule has 1 amide bonds. The molecule has 0 heterocycles. The average Bonchev–Trinajstić information content (AvgIpc) is 3.31. The maximum atomic E-state index is 12.0. The number of carboxylic acids is 1. The van der Waals surface area contributed by atoms with Crippen LogP contribution in [0.15, 0.2) is 11.6 Å². The van der Waals surface area contributed by atoms with E-state index in [0.29, 0.717) is 0 Å². The number of rotatable bonds is 7. The molecule has 1 fully saturated rings. The molecule has 2 aliphatic carbocycles. The molecule has 2 rings (SSSR count). The van der Waals surface area contributed by atoms with E-state index < -0.39 is 18.1 Å². The van der Waals surface area contributed by atoms with E-state index in [1.54, 1.807) is 6.08 Å². The molecule has 0 aromatic rings. The molecule has 4 N–H and O–H groups in total. The fraction of sp³-hybridized carbons (Fsp3) is 0.750. The van der Waals surface area contributed by atoms with Gasteiger partial charge in [-0.2, -0.15) is 0 Å². The van der Waals surface area contributed by atoms with Crippen LogP contribution in [0.1, 0.15) is 46.0 Å². The zero-order chi connectivity index (χ0) is 16.3. The largest absolute Gasteiger partial charge is 0.478 e. The molecule has 1 saturated carbocycles. The number of nitrogens with two attached hydrogens (primary N) is 1. The number of amides is 1. The number of carbonyl (C=O) groups excluding carboxylic acids is 1. The van der Waals surface area contributed by atoms with Crippen molar-refractivity contribution in [3.63, 3.8) is 0 Å². The van der Waals surface area contributed by atoms with E-state index in [1.165, 1.54) is 0 Å². The second-order valence-electron chi connectivity index (χ2n) is 6.21. The summed E-state index contributed by atoms with van der Waals surface area (Å²) in [5.74, 6) is -0.878. The number of hydrogen-bond acceptors (Lipinski definition) is 4. The molecule has 3 atom stereocenters. The van der Waals surface area contributed by atoms with Gasteiger partial charge in [-0.3, -0.25) is 4.79 Å². The van der Waals surface area contributed by atoms with Crippen molar-refractivity contribution in [3.05, 3.63) is 11.6 Å². The lowest BCUT2D eigenvalue weighted by atomic mass is 9.88. The SMILES string of the molecule is CCC(CC)O[C@@H]1C=C(C(=O)O)C[C@H](N)C1NC(=O)C1CC1. The Morgan fingerprint density at radius 2 is 2.05 bits per heavy atom. The predicted molar refractivity (Wildman–Crippen MR) is 82.2 cm³/mol. The number of aliphatic carboxylic acids is 1. The van der Waals surface area contributed by atoms with Gasteiger partial charge in [0, 0.05) is 17.5 Å². The van der Waals surface area contributed by atoms with E-state index in [9.17, 15) is 14.7 Å². The average molecular weight is 310 g/mol. The van der Waals surface area contributed by atoms with Crippen LogP contribution >= 0.6 is 0 Å². The highest BCUT2D eigenvalue weighted by Gasteiger charge is 2.38. The molecule has 0 bridgehead atoms. The maximum Gasteiger partial charge on any atom is 0.331 e. The van der Waals surface area contributed by atoms with Crippen LogP contribution < -0.4 is 11.1 Å². The van der Waals surface area contributed by atoms with Crippen LogP contribution in [-0.2, 0) is 14.3 Å². The Morgan fingerprint density at radius 1 is 1.41 bits per heavy atom. The van der Waals surface area contributed by atoms with Gasteiger partial charge < -0.3 is 20.9 Å². The topological polar surface area (TPSA) is 102 Å². The number of carbonyl (C=O) groups is 2. The third kappa shape index (κ3) is 4.08. The Kier molecular flexibility index (Phi) is 5.58. The molecular weight excluding hydrogens is 284 g/mol. The van der Waals surface area contributed by atoms with Gasteiger partial charge in [-0.25, -0.2) is 4.79 Å². The van der Waals surface area contributed by atoms with Crippen molar-refractivity contribution in [2.45, 2.75) is 70.2 Å². The third-order valence-corrected chi connectivity index (χ3v) is 4.43. The van der Waals surface area contributed by atoms with Crippen LogP contribution in [-0.4, -0.2) is 41.3 Å². The first-order valence-corrected chi connectivity index (χ1v) is 8.11. The Labute approximate surface area is 131 Å². The van der Waals surface area contributed by atoms with Gasteiger partial charge in [-0.05, 0) is 38.2 Å². The zero-order valence-corrected chi connectivity index (χ0v) is 13.2. The van der Waals surface area contributed by atoms with Gasteiger partial charge in [0.25, 0.3) is 0 Å². The van der Waals surface area contributed by atoms with Crippen LogP contribution in [0.5, 0.6) is 0 Å². The van der Waals surface area contributed by atoms with Crippen molar-refractivity contribution in [2.24, 2.45) is 11.7 Å². The maximum absolute atomic E-state index is 12.0. The van der Waals surface area contributed by atoms with Crippen molar-refractivity contribution in [3.8, 4) is 0 Å². The molecule has 0 spiro atoms. The van der Waals surface area contributed by atoms with Gasteiger partial charge in [-0.15, -0.1) is 0 Å². The van der Waals surface area contributed by atoms with Crippen molar-refractivity contribution in [1.82, 2.24) is 5.32 Å². The first-order valence-electron chi connectivity index (χ1n) is 8.11. The Hall–Kier alpha value is -1.40. The molecular formula is C16H26N2O4. The molecule has 0 aromatic carbocycles. The van der Waals surface area contributed by atoms with Crippen LogP contribution in [0.4, 0.5) is 0 Å². The lowest BCUT2D eigenvalue weighted by Gasteiger charge is -2.36. The summed E-state index contributed by atoms with van der Waals surface area (Å²) in [4.78, 5) is 23.3. The molecule has 6 nitrogen and oxygen atoms in total. The molecule has 0 aliphatic heterocycles. The van der Waals surface area contributed by atoms with Crippen LogP contribution in [0.2, 0.25) is 0 Å². The Bertz CT molecular complexity index is 455. The van der Waals surface area contributed by atoms with E-state index in [4.69, 9.17) is 10.5 Å². The highest BCUT2D eigenvalue weighted by atomic mass is 16.5. The fourth-order valence-electron chi connectivity index (χ4n) is 2.80. The second-order valence-corrected chi connectivity index (χ2v) is 6.21. The smallest absolute Gasteiger partial charge is 0.331 e. The third-order valence-electron chi connectivity index (χ3n) is 4.43. The van der Waals surface area contributed by atoms with E-state index in [-0.39, 0.29) is 36.0 Å². The highest BCUT2D eigenvalue weighted by molar-refractivity contribution is 5.87. The molecule has 0 aromatic heterocycles. The highest BCUT2D eigenvalue weighted by Crippen LogP contribution is 2.30. The summed E-state index contributed by atoms with van der Waals surface area (Å²) in [6, 6.07) is -0.810. The molecule has 2 aliphatic rings. The van der Waals surface area contributed by atoms with Crippen molar-refractivity contribution in [1.29, 1.82) is 0 Å². The lowest BCUT2D eigenvalue weighted by molar-refractivity contribution is -0.133. The Morgan fingerprint density at radius 3 is 2.55 bits per heavy atom. The number of ether oxygens (including phenoxy) is 1. The first-order chi connectivity index (χ1) is 10.5. The minimum atomic E-state index is -0.972. The molecule has 22 heavy (non-hydrogen) atoms. The predicted octanol–water partition coefficient (Wildman–Crippen LogP) is 1.20. The summed E-state index contributed by atoms with van der Waals surface area (Å²) in [5, 5.41) is 12.2. The van der Waals surface area contributed by atoms with Gasteiger partial charge in [0.05, 0.1) is 18.2 Å². The van der Waals surface area contributed by atoms with Crippen molar-refractivity contribution >= 4 is 11.9 Å². The number of hydrogen-bond donors (Lipinski definition) is 3. The lowest BCUT2D eigenvalue weighted by Crippen LogP contribution is -2.57. The summed E-state index contributed by atoms with van der Waals surface area (Å²) in [6.07, 6.45) is 4.91. The summed E-state index contributed by atoms with van der Waals surface area (Å²) in [6.45, 7) is 4.05. The zero-order valence-electron chi connectivity index (χ0n) is 13.2. The van der Waals surface area contributed by atoms with Gasteiger partial charge in [-0.1, -0.05) is 13.8 Å². The van der Waals surface area contributed by atoms with Gasteiger partial charge in [0.2, 0.25) is 5.91 Å². The van der Waals surface area contributed by atoms with Gasteiger partial charge in [0.15, 0.2) is 0 Å². The van der Waals surface area contributed by atoms with Crippen LogP contribution in [0, 0.1) is 5.92 Å². The molecule has 124 valence electrons. The summed E-state index contributed by atoms with van der Waals surface area (Å²) < 4.78 is 6.02. The van der Waals surface area contributed by atoms with Gasteiger partial charge in [0.1, 0.15) is 0 Å². The van der Waals surface area contributed by atoms with E-state index in [2.05, 4.69) is 5.32 Å². The first kappa shape index (κ1) is 17.0. The van der Waals surface area contributed by atoms with Crippen LogP contribution in [0.3, 0.4) is 0 Å². The normalized spacial score (nSPS) is 28.4. The quantitative estimate of drug-likeness (QED) is 0.656. The van der Waals surface area contributed by atoms with Crippen LogP contribution in [0.25, 0.3) is 0 Å². The summed E-state index contributed by atoms with van der Waals surface area (Å²) in [7, 11) is 0. The van der Waals surface area contributed by atoms with E-state index >= 15 is 0 Å². The molecule has 6 heteroatoms. The number of carboxylic acid groups (broad SMARTS) is 1. The molecule has 0 saturated heterocycles. The Balaban J connectivity index is 2.15. The van der Waals surface area contributed by atoms with Gasteiger partial charge >= 0.3 is 5.97 Å². The van der Waals surface area contributed by atoms with E-state index in [0.717, 1.165) is 25.7 Å². The standard InChI is InChI=1S/C16H26N2O4/c1-3-11(4-2)22-13-8-10(16(20)21)7-12(17)14(13)18-15(19)9-5-6-9/h8-9,11-14H,3-7,17H2,1-2H3,(H,18,19)(H,20,21)/t12-,13+,14?/m0/s1. The van der Waals surface area contributed by atoms with Crippen molar-refractivity contribution < 1.29 is 19.4 Å². The summed E-state index contributed by atoms with van der Waals surface area (Å²) >= 11 is 0. The van der Waals surface area contributed by atoms with E-state index in [1.807, 2.05) is 13.8 Å². The monoisotopic (exact) mass is 310 g/mol. The minimum absolute atomic E-state index is 0.00534. The molecule has 1 unspecified atom stereocenters. The number of nitrogens with one attached hydrogen (secondary N) is 1. The summed E-state index contributed by atoms with van der Waals surface area (Å²) in [5.41, 5.74) is 6.39.